The van der Waals surface area contributed by atoms with Crippen LogP contribution in [0, 0.1) is 0 Å². The number of hydrogen-bond donors (Lipinski definition) is 3. The SMILES string of the molecule is CC(=O)OC[C@H]1O[C@H](O)[C@@H](NC(=O)c2ccccc2)[C@H](NC(=O)c2ccccc2)[C@H]1OC(C)=O. The molecule has 2 aromatic rings. The van der Waals surface area contributed by atoms with Crippen LogP contribution in [0.25, 0.3) is 0 Å². The number of aliphatic hydroxyl groups is 1. The Morgan fingerprint density at radius 3 is 1.79 bits per heavy atom. The fourth-order valence-corrected chi connectivity index (χ4v) is 3.61. The van der Waals surface area contributed by atoms with E-state index in [1.54, 1.807) is 60.7 Å². The molecule has 0 radical (unpaired) electrons. The van der Waals surface area contributed by atoms with Crippen molar-refractivity contribution in [3.05, 3.63) is 71.8 Å². The monoisotopic (exact) mass is 470 g/mol. The van der Waals surface area contributed by atoms with Crippen molar-refractivity contribution >= 4 is 23.8 Å². The van der Waals surface area contributed by atoms with E-state index in [9.17, 15) is 24.3 Å². The molecule has 10 nitrogen and oxygen atoms in total. The molecule has 5 atom stereocenters. The molecular weight excluding hydrogens is 444 g/mol. The van der Waals surface area contributed by atoms with Gasteiger partial charge in [0.15, 0.2) is 12.4 Å². The zero-order valence-corrected chi connectivity index (χ0v) is 18.7. The van der Waals surface area contributed by atoms with Gasteiger partial charge in [-0.05, 0) is 24.3 Å². The van der Waals surface area contributed by atoms with Crippen molar-refractivity contribution in [3.63, 3.8) is 0 Å². The lowest BCUT2D eigenvalue weighted by Gasteiger charge is -2.44. The Balaban J connectivity index is 1.93. The van der Waals surface area contributed by atoms with Crippen molar-refractivity contribution in [2.75, 3.05) is 6.61 Å². The number of amides is 2. The lowest BCUT2D eigenvalue weighted by atomic mass is 9.93. The maximum atomic E-state index is 13.0. The quantitative estimate of drug-likeness (QED) is 0.505. The van der Waals surface area contributed by atoms with E-state index in [0.717, 1.165) is 0 Å². The summed E-state index contributed by atoms with van der Waals surface area (Å²) in [4.78, 5) is 49.0. The Morgan fingerprint density at radius 1 is 0.824 bits per heavy atom. The highest BCUT2D eigenvalue weighted by atomic mass is 16.7. The van der Waals surface area contributed by atoms with Crippen molar-refractivity contribution in [1.29, 1.82) is 0 Å². The minimum absolute atomic E-state index is 0.314. The molecule has 0 bridgehead atoms. The smallest absolute Gasteiger partial charge is 0.303 e. The maximum absolute atomic E-state index is 13.0. The fourth-order valence-electron chi connectivity index (χ4n) is 3.61. The van der Waals surface area contributed by atoms with Gasteiger partial charge in [0.05, 0.1) is 6.04 Å². The van der Waals surface area contributed by atoms with Crippen molar-refractivity contribution in [1.82, 2.24) is 10.6 Å². The summed E-state index contributed by atoms with van der Waals surface area (Å²) in [6.07, 6.45) is -3.90. The largest absolute Gasteiger partial charge is 0.463 e. The van der Waals surface area contributed by atoms with Crippen molar-refractivity contribution in [3.8, 4) is 0 Å². The summed E-state index contributed by atoms with van der Waals surface area (Å²) in [6, 6.07) is 14.2. The topological polar surface area (TPSA) is 140 Å². The van der Waals surface area contributed by atoms with Crippen LogP contribution in [0.2, 0.25) is 0 Å². The normalized spacial score (nSPS) is 23.9. The Bertz CT molecular complexity index is 1010. The first-order chi connectivity index (χ1) is 16.3. The number of carbonyl (C=O) groups excluding carboxylic acids is 4. The average Bonchev–Trinajstić information content (AvgIpc) is 2.82. The molecular formula is C24H26N2O8. The average molecular weight is 470 g/mol. The maximum Gasteiger partial charge on any atom is 0.303 e. The molecule has 1 heterocycles. The Hall–Kier alpha value is -3.76. The molecule has 1 fully saturated rings. The molecule has 2 amide bonds. The fraction of sp³-hybridized carbons (Fsp3) is 0.333. The molecule has 1 aliphatic heterocycles. The summed E-state index contributed by atoms with van der Waals surface area (Å²) in [5.74, 6) is -2.36. The number of rotatable bonds is 7. The van der Waals surface area contributed by atoms with E-state index in [2.05, 4.69) is 10.6 Å². The van der Waals surface area contributed by atoms with Crippen molar-refractivity contribution in [2.24, 2.45) is 0 Å². The number of aliphatic hydroxyl groups excluding tert-OH is 1. The first-order valence-electron chi connectivity index (χ1n) is 10.6. The van der Waals surface area contributed by atoms with Crippen LogP contribution in [0.1, 0.15) is 34.6 Å². The second kappa shape index (κ2) is 11.4. The molecule has 0 unspecified atom stereocenters. The van der Waals surface area contributed by atoms with Crippen molar-refractivity contribution < 1.29 is 38.5 Å². The van der Waals surface area contributed by atoms with Crippen LogP contribution in [0.5, 0.6) is 0 Å². The van der Waals surface area contributed by atoms with E-state index in [1.165, 1.54) is 13.8 Å². The molecule has 10 heteroatoms. The van der Waals surface area contributed by atoms with Crippen LogP contribution in [-0.2, 0) is 23.8 Å². The Kier molecular flexibility index (Phi) is 8.34. The number of esters is 2. The van der Waals surface area contributed by atoms with Gasteiger partial charge in [0.1, 0.15) is 18.8 Å². The zero-order chi connectivity index (χ0) is 24.7. The van der Waals surface area contributed by atoms with Crippen molar-refractivity contribution in [2.45, 2.75) is 44.4 Å². The third kappa shape index (κ3) is 6.40. The van der Waals surface area contributed by atoms with Gasteiger partial charge in [-0.1, -0.05) is 36.4 Å². The van der Waals surface area contributed by atoms with Crippen LogP contribution in [0.3, 0.4) is 0 Å². The van der Waals surface area contributed by atoms with Gasteiger partial charge in [-0.15, -0.1) is 0 Å². The highest BCUT2D eigenvalue weighted by Crippen LogP contribution is 2.24. The molecule has 2 aromatic carbocycles. The van der Waals surface area contributed by atoms with E-state index in [1.807, 2.05) is 0 Å². The highest BCUT2D eigenvalue weighted by Gasteiger charge is 2.49. The molecule has 3 rings (SSSR count). The van der Waals surface area contributed by atoms with E-state index in [4.69, 9.17) is 14.2 Å². The summed E-state index contributed by atoms with van der Waals surface area (Å²) in [7, 11) is 0. The molecule has 3 N–H and O–H groups in total. The van der Waals surface area contributed by atoms with E-state index in [-0.39, 0.29) is 6.61 Å². The third-order valence-electron chi connectivity index (χ3n) is 5.15. The summed E-state index contributed by atoms with van der Waals surface area (Å²) in [5, 5.41) is 16.1. The molecule has 0 aliphatic carbocycles. The van der Waals surface area contributed by atoms with E-state index in [0.29, 0.717) is 11.1 Å². The molecule has 0 saturated carbocycles. The van der Waals surface area contributed by atoms with Gasteiger partial charge >= 0.3 is 11.9 Å². The summed E-state index contributed by atoms with van der Waals surface area (Å²) < 4.78 is 16.0. The van der Waals surface area contributed by atoms with Gasteiger partial charge in [-0.25, -0.2) is 0 Å². The number of ether oxygens (including phenoxy) is 3. The lowest BCUT2D eigenvalue weighted by molar-refractivity contribution is -0.237. The first-order valence-corrected chi connectivity index (χ1v) is 10.6. The molecule has 1 saturated heterocycles. The van der Waals surface area contributed by atoms with Crippen LogP contribution in [-0.4, -0.2) is 66.0 Å². The number of nitrogens with one attached hydrogen (secondary N) is 2. The van der Waals surface area contributed by atoms with Gasteiger partial charge in [-0.3, -0.25) is 19.2 Å². The minimum atomic E-state index is -1.61. The predicted octanol–water partition coefficient (Wildman–Crippen LogP) is 0.796. The lowest BCUT2D eigenvalue weighted by Crippen LogP contribution is -2.70. The Labute approximate surface area is 196 Å². The molecule has 34 heavy (non-hydrogen) atoms. The number of carbonyl (C=O) groups is 4. The Morgan fingerprint density at radius 2 is 1.32 bits per heavy atom. The number of benzene rings is 2. The summed E-state index contributed by atoms with van der Waals surface area (Å²) in [5.41, 5.74) is 0.628. The highest BCUT2D eigenvalue weighted by molar-refractivity contribution is 5.95. The number of hydrogen-bond acceptors (Lipinski definition) is 8. The van der Waals surface area contributed by atoms with E-state index >= 15 is 0 Å². The van der Waals surface area contributed by atoms with Gasteiger partial charge in [0.2, 0.25) is 0 Å². The van der Waals surface area contributed by atoms with E-state index < -0.39 is 54.3 Å². The van der Waals surface area contributed by atoms with Gasteiger partial charge in [0.25, 0.3) is 11.8 Å². The minimum Gasteiger partial charge on any atom is -0.463 e. The predicted molar refractivity (Wildman–Crippen MR) is 118 cm³/mol. The summed E-state index contributed by atoms with van der Waals surface area (Å²) >= 11 is 0. The summed E-state index contributed by atoms with van der Waals surface area (Å²) in [6.45, 7) is 2.01. The second-order valence-corrected chi connectivity index (χ2v) is 7.67. The van der Waals surface area contributed by atoms with Gasteiger partial charge < -0.3 is 30.0 Å². The first kappa shape index (κ1) is 24.9. The molecule has 0 spiro atoms. The standard InChI is InChI=1S/C24H26N2O8/c1-14(27)32-13-18-21(33-15(2)28)19(25-22(29)16-9-5-3-6-10-16)20(24(31)34-18)26-23(30)17-11-7-4-8-12-17/h3-12,18-21,24,31H,13H2,1-2H3,(H,25,29)(H,26,30)/t18-,19+,20+,21+,24+/m1/s1. The molecule has 180 valence electrons. The third-order valence-corrected chi connectivity index (χ3v) is 5.15. The molecule has 0 aromatic heterocycles. The van der Waals surface area contributed by atoms with Gasteiger partial charge in [-0.2, -0.15) is 0 Å². The van der Waals surface area contributed by atoms with Crippen LogP contribution in [0.4, 0.5) is 0 Å². The molecule has 1 aliphatic rings. The van der Waals surface area contributed by atoms with Gasteiger partial charge in [0, 0.05) is 25.0 Å². The second-order valence-electron chi connectivity index (χ2n) is 7.67. The van der Waals surface area contributed by atoms with Crippen LogP contribution in [0.15, 0.2) is 60.7 Å². The van der Waals surface area contributed by atoms with Crippen LogP contribution < -0.4 is 10.6 Å². The zero-order valence-electron chi connectivity index (χ0n) is 18.7. The van der Waals surface area contributed by atoms with Crippen LogP contribution >= 0.6 is 0 Å².